The van der Waals surface area contributed by atoms with E-state index >= 15 is 0 Å². The molecule has 1 N–H and O–H groups in total. The minimum Gasteiger partial charge on any atom is -0.548 e. The number of hydrogen-bond donors (Lipinski definition) is 1. The van der Waals surface area contributed by atoms with Gasteiger partial charge in [-0.1, -0.05) is 29.3 Å². The smallest absolute Gasteiger partial charge is 0.244 e. The minimum atomic E-state index is -1.35. The molecule has 90 valence electrons. The van der Waals surface area contributed by atoms with Gasteiger partial charge in [-0.05, 0) is 23.8 Å². The van der Waals surface area contributed by atoms with Crippen molar-refractivity contribution in [2.75, 3.05) is 6.54 Å². The SMILES string of the molecule is O=C([O-])CNC(=O)/C=C/c1ccc(Cl)cc1Cl. The molecule has 0 heterocycles. The van der Waals surface area contributed by atoms with Crippen LogP contribution in [0, 0.1) is 0 Å². The summed E-state index contributed by atoms with van der Waals surface area (Å²) in [6, 6.07) is 4.82. The number of carbonyl (C=O) groups is 2. The van der Waals surface area contributed by atoms with E-state index in [1.165, 1.54) is 12.2 Å². The highest BCUT2D eigenvalue weighted by Crippen LogP contribution is 2.21. The Labute approximate surface area is 108 Å². The van der Waals surface area contributed by atoms with E-state index in [-0.39, 0.29) is 0 Å². The summed E-state index contributed by atoms with van der Waals surface area (Å²) < 4.78 is 0. The lowest BCUT2D eigenvalue weighted by Crippen LogP contribution is -2.36. The summed E-state index contributed by atoms with van der Waals surface area (Å²) in [6.45, 7) is -0.530. The van der Waals surface area contributed by atoms with E-state index in [0.717, 1.165) is 0 Å². The Morgan fingerprint density at radius 1 is 1.35 bits per heavy atom. The summed E-state index contributed by atoms with van der Waals surface area (Å²) in [5, 5.41) is 13.1. The fourth-order valence-electron chi connectivity index (χ4n) is 1.02. The van der Waals surface area contributed by atoms with Crippen molar-refractivity contribution in [3.05, 3.63) is 39.9 Å². The molecule has 0 aliphatic rings. The van der Waals surface area contributed by atoms with Crippen LogP contribution in [0.3, 0.4) is 0 Å². The van der Waals surface area contributed by atoms with Crippen LogP contribution in [-0.4, -0.2) is 18.4 Å². The zero-order chi connectivity index (χ0) is 12.8. The van der Waals surface area contributed by atoms with Gasteiger partial charge < -0.3 is 15.2 Å². The predicted octanol–water partition coefficient (Wildman–Crippen LogP) is 0.873. The van der Waals surface area contributed by atoms with Gasteiger partial charge in [-0.2, -0.15) is 0 Å². The first kappa shape index (κ1) is 13.5. The van der Waals surface area contributed by atoms with Crippen LogP contribution in [0.2, 0.25) is 10.0 Å². The van der Waals surface area contributed by atoms with Gasteiger partial charge in [0.2, 0.25) is 5.91 Å². The molecule has 0 fully saturated rings. The number of carbonyl (C=O) groups excluding carboxylic acids is 2. The molecule has 0 aliphatic carbocycles. The standard InChI is InChI=1S/C11H9Cl2NO3/c12-8-3-1-7(9(13)5-8)2-4-10(15)14-6-11(16)17/h1-5H,6H2,(H,14,15)(H,16,17)/p-1/b4-2+. The highest BCUT2D eigenvalue weighted by Gasteiger charge is 1.99. The molecule has 1 rings (SSSR count). The summed E-state index contributed by atoms with van der Waals surface area (Å²) in [7, 11) is 0. The molecule has 1 amide bonds. The maximum absolute atomic E-state index is 11.1. The van der Waals surface area contributed by atoms with Crippen LogP contribution in [-0.2, 0) is 9.59 Å². The van der Waals surface area contributed by atoms with E-state index in [0.29, 0.717) is 15.6 Å². The second kappa shape index (κ2) is 6.27. The van der Waals surface area contributed by atoms with Gasteiger partial charge in [0.05, 0.1) is 12.5 Å². The lowest BCUT2D eigenvalue weighted by molar-refractivity contribution is -0.303. The number of halogens is 2. The molecular formula is C11H8Cl2NO3-. The zero-order valence-electron chi connectivity index (χ0n) is 8.57. The Balaban J connectivity index is 2.64. The Kier molecular flexibility index (Phi) is 5.00. The summed E-state index contributed by atoms with van der Waals surface area (Å²) in [6.07, 6.45) is 2.64. The Morgan fingerprint density at radius 2 is 2.06 bits per heavy atom. The third-order valence-corrected chi connectivity index (χ3v) is 2.35. The van der Waals surface area contributed by atoms with E-state index in [1.54, 1.807) is 18.2 Å². The van der Waals surface area contributed by atoms with Crippen LogP contribution >= 0.6 is 23.2 Å². The fourth-order valence-corrected chi connectivity index (χ4v) is 1.49. The first-order valence-corrected chi connectivity index (χ1v) is 5.35. The lowest BCUT2D eigenvalue weighted by atomic mass is 10.2. The Bertz CT molecular complexity index is 472. The van der Waals surface area contributed by atoms with E-state index in [9.17, 15) is 14.7 Å². The number of amides is 1. The number of carboxylic acids is 1. The molecule has 0 aliphatic heterocycles. The molecule has 0 spiro atoms. The highest BCUT2D eigenvalue weighted by molar-refractivity contribution is 6.35. The van der Waals surface area contributed by atoms with Gasteiger partial charge in [0, 0.05) is 16.1 Å². The summed E-state index contributed by atoms with van der Waals surface area (Å²) in [5.41, 5.74) is 0.611. The van der Waals surface area contributed by atoms with E-state index < -0.39 is 18.4 Å². The van der Waals surface area contributed by atoms with Crippen LogP contribution in [0.15, 0.2) is 24.3 Å². The second-order valence-electron chi connectivity index (χ2n) is 3.09. The van der Waals surface area contributed by atoms with Crippen molar-refractivity contribution in [3.8, 4) is 0 Å². The molecule has 1 aromatic rings. The number of aliphatic carboxylic acids is 1. The van der Waals surface area contributed by atoms with Crippen molar-refractivity contribution < 1.29 is 14.7 Å². The third-order valence-electron chi connectivity index (χ3n) is 1.78. The lowest BCUT2D eigenvalue weighted by Gasteiger charge is -2.02. The number of benzene rings is 1. The van der Waals surface area contributed by atoms with Crippen LogP contribution in [0.5, 0.6) is 0 Å². The average Bonchev–Trinajstić information content (AvgIpc) is 2.25. The molecule has 0 atom stereocenters. The van der Waals surface area contributed by atoms with Crippen molar-refractivity contribution in [1.82, 2.24) is 5.32 Å². The maximum Gasteiger partial charge on any atom is 0.244 e. The Hall–Kier alpha value is -1.52. The van der Waals surface area contributed by atoms with E-state index in [2.05, 4.69) is 5.32 Å². The highest BCUT2D eigenvalue weighted by atomic mass is 35.5. The monoisotopic (exact) mass is 272 g/mol. The van der Waals surface area contributed by atoms with Gasteiger partial charge in [0.15, 0.2) is 0 Å². The zero-order valence-corrected chi connectivity index (χ0v) is 10.1. The largest absolute Gasteiger partial charge is 0.548 e. The summed E-state index contributed by atoms with van der Waals surface area (Å²) in [5.74, 6) is -1.89. The number of nitrogens with one attached hydrogen (secondary N) is 1. The molecule has 0 radical (unpaired) electrons. The quantitative estimate of drug-likeness (QED) is 0.828. The minimum absolute atomic E-state index is 0.404. The fraction of sp³-hybridized carbons (Fsp3) is 0.0909. The number of hydrogen-bond acceptors (Lipinski definition) is 3. The van der Waals surface area contributed by atoms with Crippen LogP contribution < -0.4 is 10.4 Å². The van der Waals surface area contributed by atoms with E-state index in [4.69, 9.17) is 23.2 Å². The first-order valence-electron chi connectivity index (χ1n) is 4.60. The summed E-state index contributed by atoms with van der Waals surface area (Å²) in [4.78, 5) is 21.2. The van der Waals surface area contributed by atoms with Gasteiger partial charge in [0.25, 0.3) is 0 Å². The topological polar surface area (TPSA) is 69.2 Å². The Morgan fingerprint density at radius 3 is 2.65 bits per heavy atom. The molecule has 0 unspecified atom stereocenters. The molecule has 0 saturated carbocycles. The van der Waals surface area contributed by atoms with Crippen LogP contribution in [0.25, 0.3) is 6.08 Å². The molecule has 1 aromatic carbocycles. The van der Waals surface area contributed by atoms with Crippen molar-refractivity contribution in [1.29, 1.82) is 0 Å². The van der Waals surface area contributed by atoms with Crippen molar-refractivity contribution in [2.45, 2.75) is 0 Å². The van der Waals surface area contributed by atoms with Crippen molar-refractivity contribution >= 4 is 41.2 Å². The average molecular weight is 273 g/mol. The van der Waals surface area contributed by atoms with Gasteiger partial charge in [-0.25, -0.2) is 0 Å². The second-order valence-corrected chi connectivity index (χ2v) is 3.93. The van der Waals surface area contributed by atoms with Crippen molar-refractivity contribution in [3.63, 3.8) is 0 Å². The first-order chi connectivity index (χ1) is 7.99. The van der Waals surface area contributed by atoms with Gasteiger partial charge in [-0.15, -0.1) is 0 Å². The van der Waals surface area contributed by atoms with Gasteiger partial charge in [0.1, 0.15) is 0 Å². The third kappa shape index (κ3) is 4.89. The molecule has 4 nitrogen and oxygen atoms in total. The molecule has 0 aromatic heterocycles. The maximum atomic E-state index is 11.1. The summed E-state index contributed by atoms with van der Waals surface area (Å²) >= 11 is 11.6. The van der Waals surface area contributed by atoms with Crippen LogP contribution in [0.4, 0.5) is 0 Å². The van der Waals surface area contributed by atoms with Crippen molar-refractivity contribution in [2.24, 2.45) is 0 Å². The van der Waals surface area contributed by atoms with Gasteiger partial charge in [-0.3, -0.25) is 4.79 Å². The predicted molar refractivity (Wildman–Crippen MR) is 63.5 cm³/mol. The normalized spacial score (nSPS) is 10.5. The number of rotatable bonds is 4. The van der Waals surface area contributed by atoms with E-state index in [1.807, 2.05) is 0 Å². The molecule has 17 heavy (non-hydrogen) atoms. The molecular weight excluding hydrogens is 265 g/mol. The number of carboxylic acid groups (broad SMARTS) is 1. The van der Waals surface area contributed by atoms with Gasteiger partial charge >= 0.3 is 0 Å². The molecule has 0 bridgehead atoms. The van der Waals surface area contributed by atoms with Crippen LogP contribution in [0.1, 0.15) is 5.56 Å². The molecule has 6 heteroatoms. The molecule has 0 saturated heterocycles.